The third-order valence-electron chi connectivity index (χ3n) is 13.6. The van der Waals surface area contributed by atoms with Gasteiger partial charge in [0.1, 0.15) is 11.8 Å². The summed E-state index contributed by atoms with van der Waals surface area (Å²) in [4.78, 5) is 46.9. The second-order valence-corrected chi connectivity index (χ2v) is 16.9. The third-order valence-corrected chi connectivity index (χ3v) is 13.6. The highest BCUT2D eigenvalue weighted by molar-refractivity contribution is 6.05. The summed E-state index contributed by atoms with van der Waals surface area (Å²) in [6, 6.07) is 30.4. The summed E-state index contributed by atoms with van der Waals surface area (Å²) in [5.41, 5.74) is 10.9. The zero-order valence-electron chi connectivity index (χ0n) is 31.3. The maximum atomic E-state index is 13.4. The molecule has 10 rings (SSSR count). The van der Waals surface area contributed by atoms with Crippen LogP contribution >= 0.6 is 0 Å². The molecule has 4 aromatic carbocycles. The molecule has 0 bridgehead atoms. The standard InChI is InChI=1S/C46H49N5O4/c52-38-11-13-40-32(21-38)8-12-39(30-4-2-1-3-5-30)44(40)31-6-9-36(10-7-31)49-24-29(25-49)23-48-18-16-37(17-19-48)50-26-33-20-35-28-51(42-14-15-43(53)47-45(42)54)46(55)41(35)22-34(33)27-50/h1-7,9-11,13,20-22,29,37,39,42,44,52H,8,12,14-19,23-28H2,(H,47,53,54)/t39-,42?,44+/m1/s1. The van der Waals surface area contributed by atoms with E-state index in [0.717, 1.165) is 69.8 Å². The van der Waals surface area contributed by atoms with Gasteiger partial charge in [0.25, 0.3) is 5.91 Å². The van der Waals surface area contributed by atoms with Crippen molar-refractivity contribution < 1.29 is 19.5 Å². The molecule has 9 heteroatoms. The molecule has 6 aliphatic rings. The van der Waals surface area contributed by atoms with E-state index in [9.17, 15) is 19.5 Å². The van der Waals surface area contributed by atoms with Gasteiger partial charge in [-0.25, -0.2) is 0 Å². The molecule has 0 radical (unpaired) electrons. The Balaban J connectivity index is 0.716. The number of amides is 3. The van der Waals surface area contributed by atoms with Gasteiger partial charge in [-0.1, -0.05) is 54.6 Å². The lowest BCUT2D eigenvalue weighted by Crippen LogP contribution is -2.53. The maximum absolute atomic E-state index is 13.4. The van der Waals surface area contributed by atoms with Crippen molar-refractivity contribution in [1.29, 1.82) is 0 Å². The normalized spacial score (nSPS) is 24.7. The van der Waals surface area contributed by atoms with Gasteiger partial charge in [0.05, 0.1) is 0 Å². The van der Waals surface area contributed by atoms with Gasteiger partial charge in [-0.15, -0.1) is 0 Å². The molecule has 55 heavy (non-hydrogen) atoms. The minimum Gasteiger partial charge on any atom is -0.508 e. The highest BCUT2D eigenvalue weighted by Crippen LogP contribution is 2.47. The lowest BCUT2D eigenvalue weighted by atomic mass is 9.69. The predicted molar refractivity (Wildman–Crippen MR) is 211 cm³/mol. The molecule has 1 aliphatic carbocycles. The van der Waals surface area contributed by atoms with Crippen LogP contribution in [0.1, 0.15) is 93.2 Å². The summed E-state index contributed by atoms with van der Waals surface area (Å²) >= 11 is 0. The first kappa shape index (κ1) is 34.5. The highest BCUT2D eigenvalue weighted by Gasteiger charge is 2.41. The number of phenols is 1. The molecule has 282 valence electrons. The first-order valence-electron chi connectivity index (χ1n) is 20.3. The van der Waals surface area contributed by atoms with E-state index in [1.54, 1.807) is 4.90 Å². The number of likely N-dealkylation sites (tertiary alicyclic amines) is 1. The summed E-state index contributed by atoms with van der Waals surface area (Å²) < 4.78 is 0. The number of nitrogens with one attached hydrogen (secondary N) is 1. The van der Waals surface area contributed by atoms with Gasteiger partial charge in [0.15, 0.2) is 0 Å². The van der Waals surface area contributed by atoms with Crippen molar-refractivity contribution >= 4 is 23.4 Å². The minimum absolute atomic E-state index is 0.0873. The SMILES string of the molecule is O=C1CCC(N2Cc3cc4c(cc3C2=O)CN(C2CCN(CC3CN(c5ccc([C@@H]6c7ccc(O)cc7CC[C@@H]6c6ccccc6)cc5)C3)CC2)C4)C(=O)N1. The van der Waals surface area contributed by atoms with Crippen LogP contribution in [0.2, 0.25) is 0 Å². The number of aryl methyl sites for hydroxylation is 1. The van der Waals surface area contributed by atoms with Crippen LogP contribution in [0.3, 0.4) is 0 Å². The molecule has 5 aliphatic heterocycles. The first-order valence-corrected chi connectivity index (χ1v) is 20.3. The van der Waals surface area contributed by atoms with Gasteiger partial charge in [-0.2, -0.15) is 0 Å². The van der Waals surface area contributed by atoms with Crippen molar-refractivity contribution in [3.63, 3.8) is 0 Å². The number of hydrogen-bond acceptors (Lipinski definition) is 7. The quantitative estimate of drug-likeness (QED) is 0.227. The van der Waals surface area contributed by atoms with Crippen LogP contribution in [0.25, 0.3) is 0 Å². The molecule has 3 amide bonds. The van der Waals surface area contributed by atoms with E-state index in [2.05, 4.69) is 92.8 Å². The summed E-state index contributed by atoms with van der Waals surface area (Å²) in [6.45, 7) is 7.84. The molecule has 3 fully saturated rings. The fourth-order valence-electron chi connectivity index (χ4n) is 10.7. The average Bonchev–Trinajstić information content (AvgIpc) is 3.75. The smallest absolute Gasteiger partial charge is 0.255 e. The van der Waals surface area contributed by atoms with E-state index in [4.69, 9.17) is 0 Å². The second-order valence-electron chi connectivity index (χ2n) is 16.9. The fourth-order valence-corrected chi connectivity index (χ4v) is 10.7. The van der Waals surface area contributed by atoms with Gasteiger partial charge in [-0.3, -0.25) is 24.6 Å². The molecule has 0 spiro atoms. The van der Waals surface area contributed by atoms with Crippen molar-refractivity contribution in [1.82, 2.24) is 20.0 Å². The molecule has 0 saturated carbocycles. The molecule has 5 heterocycles. The Bertz CT molecular complexity index is 2140. The number of nitrogens with zero attached hydrogens (tertiary/aromatic N) is 4. The van der Waals surface area contributed by atoms with Crippen LogP contribution in [0.15, 0.2) is 84.9 Å². The lowest BCUT2D eigenvalue weighted by Gasteiger charge is -2.45. The average molecular weight is 736 g/mol. The molecule has 9 nitrogen and oxygen atoms in total. The Morgan fingerprint density at radius 2 is 1.47 bits per heavy atom. The number of fused-ring (bicyclic) bond motifs is 3. The molecule has 1 unspecified atom stereocenters. The number of rotatable bonds is 7. The van der Waals surface area contributed by atoms with Crippen molar-refractivity contribution in [2.24, 2.45) is 5.92 Å². The first-order chi connectivity index (χ1) is 26.8. The number of carbonyl (C=O) groups is 3. The summed E-state index contributed by atoms with van der Waals surface area (Å²) in [7, 11) is 0. The monoisotopic (exact) mass is 735 g/mol. The fraction of sp³-hybridized carbons (Fsp3) is 0.413. The van der Waals surface area contributed by atoms with E-state index >= 15 is 0 Å². The molecular formula is C46H49N5O4. The Kier molecular flexibility index (Phi) is 8.75. The number of hydrogen-bond donors (Lipinski definition) is 2. The van der Waals surface area contributed by atoms with E-state index < -0.39 is 6.04 Å². The van der Waals surface area contributed by atoms with E-state index in [1.807, 2.05) is 12.1 Å². The number of carbonyl (C=O) groups excluding carboxylic acids is 3. The Labute approximate surface area is 322 Å². The Morgan fingerprint density at radius 3 is 2.24 bits per heavy atom. The topological polar surface area (TPSA) is 96.4 Å². The van der Waals surface area contributed by atoms with Gasteiger partial charge in [0, 0.05) is 74.8 Å². The zero-order valence-corrected chi connectivity index (χ0v) is 31.3. The molecule has 3 saturated heterocycles. The van der Waals surface area contributed by atoms with Crippen LogP contribution < -0.4 is 10.2 Å². The Morgan fingerprint density at radius 1 is 0.709 bits per heavy atom. The van der Waals surface area contributed by atoms with Gasteiger partial charge >= 0.3 is 0 Å². The van der Waals surface area contributed by atoms with Crippen molar-refractivity contribution in [2.75, 3.05) is 37.6 Å². The predicted octanol–water partition coefficient (Wildman–Crippen LogP) is 5.93. The van der Waals surface area contributed by atoms with Crippen LogP contribution in [0.4, 0.5) is 5.69 Å². The number of piperidine rings is 2. The van der Waals surface area contributed by atoms with Gasteiger partial charge in [-0.05, 0) is 120 Å². The number of aromatic hydroxyl groups is 1. The summed E-state index contributed by atoms with van der Waals surface area (Å²) in [5.74, 6) is 1.02. The lowest BCUT2D eigenvalue weighted by molar-refractivity contribution is -0.136. The van der Waals surface area contributed by atoms with Crippen molar-refractivity contribution in [3.8, 4) is 5.75 Å². The molecule has 3 atom stereocenters. The number of imide groups is 1. The second kappa shape index (κ2) is 13.9. The van der Waals surface area contributed by atoms with Gasteiger partial charge in [0.2, 0.25) is 11.8 Å². The largest absolute Gasteiger partial charge is 0.508 e. The van der Waals surface area contributed by atoms with Crippen molar-refractivity contribution in [3.05, 3.63) is 129 Å². The number of phenolic OH excluding ortho intramolecular Hbond substituents is 1. The van der Waals surface area contributed by atoms with Crippen LogP contribution in [0, 0.1) is 5.92 Å². The minimum atomic E-state index is -0.569. The maximum Gasteiger partial charge on any atom is 0.255 e. The van der Waals surface area contributed by atoms with Crippen LogP contribution in [-0.2, 0) is 35.6 Å². The molecule has 2 N–H and O–H groups in total. The van der Waals surface area contributed by atoms with E-state index in [-0.39, 0.29) is 30.1 Å². The van der Waals surface area contributed by atoms with E-state index in [1.165, 1.54) is 51.9 Å². The summed E-state index contributed by atoms with van der Waals surface area (Å²) in [6.07, 6.45) is 5.06. The van der Waals surface area contributed by atoms with Crippen LogP contribution in [-0.4, -0.2) is 82.3 Å². The zero-order chi connectivity index (χ0) is 37.2. The van der Waals surface area contributed by atoms with Crippen LogP contribution in [0.5, 0.6) is 5.75 Å². The van der Waals surface area contributed by atoms with Gasteiger partial charge < -0.3 is 19.8 Å². The molecule has 0 aromatic heterocycles. The van der Waals surface area contributed by atoms with Crippen molar-refractivity contribution in [2.45, 2.75) is 82.1 Å². The number of anilines is 1. The Hall–Kier alpha value is -4.99. The molecule has 4 aromatic rings. The molecular weight excluding hydrogens is 687 g/mol. The summed E-state index contributed by atoms with van der Waals surface area (Å²) in [5, 5.41) is 12.6. The number of benzene rings is 4. The highest BCUT2D eigenvalue weighted by atomic mass is 16.3. The third kappa shape index (κ3) is 6.41. The van der Waals surface area contributed by atoms with E-state index in [0.29, 0.717) is 36.6 Å².